The van der Waals surface area contributed by atoms with Crippen molar-refractivity contribution in [2.75, 3.05) is 26.8 Å². The van der Waals surface area contributed by atoms with Gasteiger partial charge in [-0.3, -0.25) is 0 Å². The second-order valence-electron chi connectivity index (χ2n) is 2.48. The Morgan fingerprint density at radius 2 is 1.25 bits per heavy atom. The molecule has 0 aromatic carbocycles. The predicted molar refractivity (Wildman–Crippen MR) is 54.3 cm³/mol. The van der Waals surface area contributed by atoms with E-state index in [1.807, 2.05) is 0 Å². The maximum absolute atomic E-state index is 10.9. The van der Waals surface area contributed by atoms with E-state index in [2.05, 4.69) is 9.47 Å². The molecule has 0 aromatic heterocycles. The summed E-state index contributed by atoms with van der Waals surface area (Å²) in [7, 11) is 0. The van der Waals surface area contributed by atoms with E-state index in [-0.39, 0.29) is 13.6 Å². The molecule has 0 N–H and O–H groups in total. The van der Waals surface area contributed by atoms with Gasteiger partial charge in [0, 0.05) is 25.4 Å². The lowest BCUT2D eigenvalue weighted by molar-refractivity contribution is -0.152. The zero-order valence-corrected chi connectivity index (χ0v) is 9.43. The van der Waals surface area contributed by atoms with E-state index >= 15 is 0 Å². The van der Waals surface area contributed by atoms with Crippen LogP contribution in [0.25, 0.3) is 0 Å². The largest absolute Gasteiger partial charge is 0.435 e. The van der Waals surface area contributed by atoms with Crippen molar-refractivity contribution in [2.45, 2.75) is 13.8 Å². The van der Waals surface area contributed by atoms with Gasteiger partial charge in [-0.25, -0.2) is 9.59 Å². The van der Waals surface area contributed by atoms with Crippen LogP contribution in [0.4, 0.5) is 0 Å². The first-order valence-electron chi connectivity index (χ1n) is 4.87. The molecule has 0 saturated heterocycles. The number of carbonyl (C=O) groups is 2. The molecule has 0 saturated carbocycles. The lowest BCUT2D eigenvalue weighted by atomic mass is 10.5. The second kappa shape index (κ2) is 10.1. The van der Waals surface area contributed by atoms with E-state index < -0.39 is 11.9 Å². The van der Waals surface area contributed by atoms with E-state index in [4.69, 9.17) is 9.47 Å². The van der Waals surface area contributed by atoms with Crippen LogP contribution in [0.2, 0.25) is 0 Å². The molecule has 0 rings (SSSR count). The van der Waals surface area contributed by atoms with Gasteiger partial charge in [0.1, 0.15) is 0 Å². The number of carbonyl (C=O) groups excluding carboxylic acids is 2. The van der Waals surface area contributed by atoms with Gasteiger partial charge < -0.3 is 18.9 Å². The van der Waals surface area contributed by atoms with Gasteiger partial charge in [-0.1, -0.05) is 0 Å². The van der Waals surface area contributed by atoms with Crippen molar-refractivity contribution >= 4 is 11.9 Å². The normalized spacial score (nSPS) is 10.4. The van der Waals surface area contributed by atoms with Crippen LogP contribution in [-0.4, -0.2) is 38.7 Å². The molecular formula is C10H16O6. The molecule has 0 fully saturated rings. The fraction of sp³-hybridized carbons (Fsp3) is 0.600. The minimum Gasteiger partial charge on any atom is -0.435 e. The van der Waals surface area contributed by atoms with E-state index in [0.29, 0.717) is 13.2 Å². The average Bonchev–Trinajstić information content (AvgIpc) is 2.27. The van der Waals surface area contributed by atoms with Crippen molar-refractivity contribution in [1.29, 1.82) is 0 Å². The standard InChI is InChI=1S/C10H16O6/c1-3-13-7-15-9(11)5-6-10(12)16-8-14-4-2/h5-6H,3-4,7-8H2,1-2H3/b6-5-. The van der Waals surface area contributed by atoms with Gasteiger partial charge in [-0.05, 0) is 13.8 Å². The lowest BCUT2D eigenvalue weighted by Gasteiger charge is -2.01. The van der Waals surface area contributed by atoms with Crippen molar-refractivity contribution in [3.63, 3.8) is 0 Å². The summed E-state index contributed by atoms with van der Waals surface area (Å²) in [6.45, 7) is 4.19. The summed E-state index contributed by atoms with van der Waals surface area (Å²) in [5.74, 6) is -1.33. The summed E-state index contributed by atoms with van der Waals surface area (Å²) in [4.78, 5) is 21.8. The molecule has 0 spiro atoms. The Labute approximate surface area is 94.1 Å². The fourth-order valence-electron chi connectivity index (χ4n) is 0.598. The molecular weight excluding hydrogens is 216 g/mol. The molecule has 16 heavy (non-hydrogen) atoms. The van der Waals surface area contributed by atoms with Crippen LogP contribution in [0.15, 0.2) is 12.2 Å². The molecule has 0 atom stereocenters. The Kier molecular flexibility index (Phi) is 9.24. The van der Waals surface area contributed by atoms with Crippen molar-refractivity contribution in [2.24, 2.45) is 0 Å². The second-order valence-corrected chi connectivity index (χ2v) is 2.48. The number of hydrogen-bond donors (Lipinski definition) is 0. The molecule has 0 amide bonds. The SMILES string of the molecule is CCOCOC(=O)/C=C\C(=O)OCOCC. The summed E-state index contributed by atoms with van der Waals surface area (Å²) in [6, 6.07) is 0. The minimum atomic E-state index is -0.665. The molecule has 0 aromatic rings. The van der Waals surface area contributed by atoms with Crippen LogP contribution >= 0.6 is 0 Å². The summed E-state index contributed by atoms with van der Waals surface area (Å²) in [5.41, 5.74) is 0. The Bertz CT molecular complexity index is 211. The Morgan fingerprint density at radius 3 is 1.56 bits per heavy atom. The molecule has 0 bridgehead atoms. The summed E-state index contributed by atoms with van der Waals surface area (Å²) < 4.78 is 18.7. The van der Waals surface area contributed by atoms with Crippen LogP contribution in [0.3, 0.4) is 0 Å². The van der Waals surface area contributed by atoms with E-state index in [1.54, 1.807) is 13.8 Å². The molecule has 0 radical (unpaired) electrons. The zero-order valence-electron chi connectivity index (χ0n) is 9.43. The number of ether oxygens (including phenoxy) is 4. The van der Waals surface area contributed by atoms with Gasteiger partial charge in [0.05, 0.1) is 0 Å². The monoisotopic (exact) mass is 232 g/mol. The molecule has 0 aliphatic carbocycles. The zero-order chi connectivity index (χ0) is 12.2. The minimum absolute atomic E-state index is 0.131. The van der Waals surface area contributed by atoms with Gasteiger partial charge in [-0.2, -0.15) is 0 Å². The molecule has 6 heteroatoms. The Balaban J connectivity index is 3.63. The van der Waals surface area contributed by atoms with Gasteiger partial charge in [-0.15, -0.1) is 0 Å². The lowest BCUT2D eigenvalue weighted by Crippen LogP contribution is -2.08. The first-order valence-corrected chi connectivity index (χ1v) is 4.87. The maximum Gasteiger partial charge on any atom is 0.333 e. The van der Waals surface area contributed by atoms with Crippen LogP contribution in [0, 0.1) is 0 Å². The molecule has 0 heterocycles. The highest BCUT2D eigenvalue weighted by molar-refractivity contribution is 5.91. The van der Waals surface area contributed by atoms with Crippen molar-refractivity contribution in [3.8, 4) is 0 Å². The number of esters is 2. The maximum atomic E-state index is 10.9. The molecule has 6 nitrogen and oxygen atoms in total. The van der Waals surface area contributed by atoms with Crippen LogP contribution < -0.4 is 0 Å². The molecule has 0 aliphatic rings. The van der Waals surface area contributed by atoms with Gasteiger partial charge in [0.25, 0.3) is 0 Å². The fourth-order valence-corrected chi connectivity index (χ4v) is 0.598. The van der Waals surface area contributed by atoms with Gasteiger partial charge in [0.15, 0.2) is 13.6 Å². The Morgan fingerprint density at radius 1 is 0.875 bits per heavy atom. The van der Waals surface area contributed by atoms with E-state index in [9.17, 15) is 9.59 Å². The number of hydrogen-bond acceptors (Lipinski definition) is 6. The molecule has 92 valence electrons. The average molecular weight is 232 g/mol. The van der Waals surface area contributed by atoms with Crippen molar-refractivity contribution in [3.05, 3.63) is 12.2 Å². The Hall–Kier alpha value is -1.40. The summed E-state index contributed by atoms with van der Waals surface area (Å²) >= 11 is 0. The summed E-state index contributed by atoms with van der Waals surface area (Å²) in [5, 5.41) is 0. The third-order valence-electron chi connectivity index (χ3n) is 1.33. The topological polar surface area (TPSA) is 71.1 Å². The van der Waals surface area contributed by atoms with Crippen molar-refractivity contribution in [1.82, 2.24) is 0 Å². The third kappa shape index (κ3) is 9.17. The highest BCUT2D eigenvalue weighted by Crippen LogP contribution is 1.87. The summed E-state index contributed by atoms with van der Waals surface area (Å²) in [6.07, 6.45) is 1.93. The first-order chi connectivity index (χ1) is 7.70. The van der Waals surface area contributed by atoms with Gasteiger partial charge >= 0.3 is 11.9 Å². The quantitative estimate of drug-likeness (QED) is 0.264. The highest BCUT2D eigenvalue weighted by atomic mass is 16.7. The number of rotatable bonds is 8. The highest BCUT2D eigenvalue weighted by Gasteiger charge is 2.00. The molecule has 0 unspecified atom stereocenters. The van der Waals surface area contributed by atoms with E-state index in [0.717, 1.165) is 12.2 Å². The van der Waals surface area contributed by atoms with Crippen LogP contribution in [0.5, 0.6) is 0 Å². The van der Waals surface area contributed by atoms with Crippen LogP contribution in [-0.2, 0) is 28.5 Å². The third-order valence-corrected chi connectivity index (χ3v) is 1.33. The van der Waals surface area contributed by atoms with Crippen LogP contribution in [0.1, 0.15) is 13.8 Å². The van der Waals surface area contributed by atoms with Crippen molar-refractivity contribution < 1.29 is 28.5 Å². The predicted octanol–water partition coefficient (Wildman–Crippen LogP) is 0.617. The smallest absolute Gasteiger partial charge is 0.333 e. The van der Waals surface area contributed by atoms with E-state index in [1.165, 1.54) is 0 Å². The molecule has 0 aliphatic heterocycles. The van der Waals surface area contributed by atoms with Gasteiger partial charge in [0.2, 0.25) is 0 Å². The first kappa shape index (κ1) is 14.6.